The van der Waals surface area contributed by atoms with E-state index in [1.807, 2.05) is 6.08 Å². The lowest BCUT2D eigenvalue weighted by atomic mass is 9.67. The van der Waals surface area contributed by atoms with Crippen LogP contribution in [0, 0.1) is 5.41 Å². The number of allylic oxidation sites excluding steroid dienone is 3. The molecule has 2 rings (SSSR count). The molecule has 1 saturated heterocycles. The highest BCUT2D eigenvalue weighted by Gasteiger charge is 2.45. The van der Waals surface area contributed by atoms with E-state index < -0.39 is 5.60 Å². The summed E-state index contributed by atoms with van der Waals surface area (Å²) < 4.78 is 0. The number of aliphatic hydroxyl groups is 1. The van der Waals surface area contributed by atoms with Gasteiger partial charge in [0.1, 0.15) is 0 Å². The molecule has 2 aliphatic rings. The van der Waals surface area contributed by atoms with E-state index in [1.165, 1.54) is 5.57 Å². The lowest BCUT2D eigenvalue weighted by Crippen LogP contribution is -2.56. The van der Waals surface area contributed by atoms with Gasteiger partial charge in [-0.15, -0.1) is 11.6 Å². The molecule has 0 saturated carbocycles. The van der Waals surface area contributed by atoms with Crippen LogP contribution in [0.5, 0.6) is 0 Å². The summed E-state index contributed by atoms with van der Waals surface area (Å²) in [5.74, 6) is 0. The van der Waals surface area contributed by atoms with E-state index in [-0.39, 0.29) is 10.8 Å². The summed E-state index contributed by atoms with van der Waals surface area (Å²) in [6, 6.07) is 0. The molecule has 0 aromatic heterocycles. The molecular formula is C14H22ClNO. The Bertz CT molecular complexity index is 348. The van der Waals surface area contributed by atoms with Gasteiger partial charge < -0.3 is 10.4 Å². The molecule has 96 valence electrons. The molecule has 17 heavy (non-hydrogen) atoms. The van der Waals surface area contributed by atoms with Crippen molar-refractivity contribution in [3.63, 3.8) is 0 Å². The average molecular weight is 256 g/mol. The maximum Gasteiger partial charge on any atom is 0.0762 e. The first-order valence-corrected chi connectivity index (χ1v) is 6.81. The highest BCUT2D eigenvalue weighted by molar-refractivity contribution is 6.22. The molecule has 2 atom stereocenters. The van der Waals surface area contributed by atoms with E-state index in [9.17, 15) is 5.11 Å². The first kappa shape index (κ1) is 13.1. The molecule has 2 unspecified atom stereocenters. The van der Waals surface area contributed by atoms with Crippen LogP contribution in [-0.4, -0.2) is 29.2 Å². The van der Waals surface area contributed by atoms with Gasteiger partial charge in [0.25, 0.3) is 0 Å². The van der Waals surface area contributed by atoms with Crippen LogP contribution < -0.4 is 5.32 Å². The van der Waals surface area contributed by atoms with Gasteiger partial charge in [-0.05, 0) is 25.0 Å². The summed E-state index contributed by atoms with van der Waals surface area (Å²) in [6.45, 7) is 6.04. The minimum atomic E-state index is -0.604. The van der Waals surface area contributed by atoms with Crippen LogP contribution in [0.1, 0.15) is 33.1 Å². The highest BCUT2D eigenvalue weighted by atomic mass is 35.5. The fourth-order valence-corrected chi connectivity index (χ4v) is 2.80. The third kappa shape index (κ3) is 2.75. The maximum absolute atomic E-state index is 10.9. The Hall–Kier alpha value is -0.310. The zero-order valence-corrected chi connectivity index (χ0v) is 11.4. The Morgan fingerprint density at radius 2 is 2.29 bits per heavy atom. The first-order valence-electron chi connectivity index (χ1n) is 6.37. The molecule has 2 nitrogen and oxygen atoms in total. The summed E-state index contributed by atoms with van der Waals surface area (Å²) in [5.41, 5.74) is 0.532. The molecular weight excluding hydrogens is 234 g/mol. The number of hydrogen-bond acceptors (Lipinski definition) is 2. The third-order valence-electron chi connectivity index (χ3n) is 4.16. The van der Waals surface area contributed by atoms with Crippen LogP contribution >= 0.6 is 11.6 Å². The quantitative estimate of drug-likeness (QED) is 0.744. The molecule has 0 spiro atoms. The minimum absolute atomic E-state index is 0.0856. The van der Waals surface area contributed by atoms with E-state index in [1.54, 1.807) is 0 Å². The molecule has 0 bridgehead atoms. The number of rotatable bonds is 2. The van der Waals surface area contributed by atoms with E-state index >= 15 is 0 Å². The molecule has 0 aromatic rings. The van der Waals surface area contributed by atoms with Crippen LogP contribution in [0.4, 0.5) is 0 Å². The summed E-state index contributed by atoms with van der Waals surface area (Å²) >= 11 is 6.01. The van der Waals surface area contributed by atoms with Crippen LogP contribution in [-0.2, 0) is 0 Å². The van der Waals surface area contributed by atoms with Gasteiger partial charge in [-0.3, -0.25) is 0 Å². The molecule has 3 heteroatoms. The second kappa shape index (κ2) is 4.75. The van der Waals surface area contributed by atoms with Gasteiger partial charge in [0, 0.05) is 18.4 Å². The van der Waals surface area contributed by atoms with Crippen molar-refractivity contribution in [2.75, 3.05) is 13.1 Å². The smallest absolute Gasteiger partial charge is 0.0762 e. The first-order chi connectivity index (χ1) is 7.93. The fourth-order valence-electron chi connectivity index (χ4n) is 2.63. The van der Waals surface area contributed by atoms with Crippen molar-refractivity contribution >= 4 is 11.6 Å². The minimum Gasteiger partial charge on any atom is -0.389 e. The van der Waals surface area contributed by atoms with Crippen molar-refractivity contribution < 1.29 is 5.11 Å². The van der Waals surface area contributed by atoms with Crippen molar-refractivity contribution in [1.82, 2.24) is 5.32 Å². The van der Waals surface area contributed by atoms with Gasteiger partial charge in [0.05, 0.1) is 11.0 Å². The summed E-state index contributed by atoms with van der Waals surface area (Å²) in [4.78, 5) is 0. The average Bonchev–Trinajstić information content (AvgIpc) is 2.26. The Morgan fingerprint density at radius 3 is 2.88 bits per heavy atom. The van der Waals surface area contributed by atoms with Gasteiger partial charge in [-0.2, -0.15) is 0 Å². The summed E-state index contributed by atoms with van der Waals surface area (Å²) in [6.07, 6.45) is 8.68. The Balaban J connectivity index is 2.09. The molecule has 0 radical (unpaired) electrons. The van der Waals surface area contributed by atoms with Gasteiger partial charge in [0.2, 0.25) is 0 Å². The normalized spacial score (nSPS) is 36.7. The van der Waals surface area contributed by atoms with Gasteiger partial charge >= 0.3 is 0 Å². The van der Waals surface area contributed by atoms with Gasteiger partial charge in [0.15, 0.2) is 0 Å². The molecule has 0 amide bonds. The van der Waals surface area contributed by atoms with Gasteiger partial charge in [-0.25, -0.2) is 0 Å². The predicted octanol–water partition coefficient (Wildman–Crippen LogP) is 2.62. The lowest BCUT2D eigenvalue weighted by molar-refractivity contribution is -0.0863. The van der Waals surface area contributed by atoms with Crippen molar-refractivity contribution in [2.45, 2.75) is 44.1 Å². The molecule has 1 heterocycles. The Morgan fingerprint density at radius 1 is 1.53 bits per heavy atom. The molecule has 1 aliphatic carbocycles. The zero-order valence-electron chi connectivity index (χ0n) is 10.7. The van der Waals surface area contributed by atoms with Crippen LogP contribution in [0.2, 0.25) is 0 Å². The molecule has 1 aliphatic heterocycles. The van der Waals surface area contributed by atoms with Crippen LogP contribution in [0.25, 0.3) is 0 Å². The highest BCUT2D eigenvalue weighted by Crippen LogP contribution is 2.40. The number of nitrogens with one attached hydrogen (secondary N) is 1. The van der Waals surface area contributed by atoms with E-state index in [4.69, 9.17) is 11.6 Å². The Labute approximate surface area is 109 Å². The van der Waals surface area contributed by atoms with Crippen molar-refractivity contribution in [3.8, 4) is 0 Å². The third-order valence-corrected chi connectivity index (χ3v) is 4.49. The second-order valence-electron chi connectivity index (χ2n) is 5.91. The van der Waals surface area contributed by atoms with E-state index in [0.717, 1.165) is 32.4 Å². The molecule has 2 N–H and O–H groups in total. The van der Waals surface area contributed by atoms with Crippen molar-refractivity contribution in [1.29, 1.82) is 0 Å². The van der Waals surface area contributed by atoms with Crippen LogP contribution in [0.3, 0.4) is 0 Å². The molecule has 1 fully saturated rings. The van der Waals surface area contributed by atoms with E-state index in [2.05, 4.69) is 31.3 Å². The fraction of sp³-hybridized carbons (Fsp3) is 0.714. The zero-order chi connectivity index (χ0) is 12.5. The summed E-state index contributed by atoms with van der Waals surface area (Å²) in [7, 11) is 0. The topological polar surface area (TPSA) is 32.3 Å². The maximum atomic E-state index is 10.9. The van der Waals surface area contributed by atoms with Gasteiger partial charge in [-0.1, -0.05) is 32.1 Å². The number of hydrogen-bond donors (Lipinski definition) is 2. The SMILES string of the molecule is CC1(C)CNCCC1(O)CC1=CCC(Cl)C=C1. The number of alkyl halides is 1. The van der Waals surface area contributed by atoms with Crippen molar-refractivity contribution in [2.24, 2.45) is 5.41 Å². The standard InChI is InChI=1S/C14H22ClNO/c1-13(2)10-16-8-7-14(13,17)9-11-3-5-12(15)6-4-11/h3-5,12,16-17H,6-10H2,1-2H3. The predicted molar refractivity (Wildman–Crippen MR) is 72.3 cm³/mol. The second-order valence-corrected chi connectivity index (χ2v) is 6.47. The Kier molecular flexibility index (Phi) is 3.67. The largest absolute Gasteiger partial charge is 0.389 e. The van der Waals surface area contributed by atoms with Crippen LogP contribution in [0.15, 0.2) is 23.8 Å². The lowest BCUT2D eigenvalue weighted by Gasteiger charge is -2.47. The summed E-state index contributed by atoms with van der Waals surface area (Å²) in [5, 5.41) is 14.3. The van der Waals surface area contributed by atoms with Crippen molar-refractivity contribution in [3.05, 3.63) is 23.8 Å². The monoisotopic (exact) mass is 255 g/mol. The number of halogens is 1. The van der Waals surface area contributed by atoms with E-state index in [0.29, 0.717) is 0 Å². The molecule has 0 aromatic carbocycles. The number of piperidine rings is 1.